The first kappa shape index (κ1) is 25.0. The second kappa shape index (κ2) is 11.2. The summed E-state index contributed by atoms with van der Waals surface area (Å²) in [5.74, 6) is 1.95. The number of rotatable bonds is 7. The number of carbonyl (C=O) groups is 1. The summed E-state index contributed by atoms with van der Waals surface area (Å²) in [5, 5.41) is 9.88. The van der Waals surface area contributed by atoms with Crippen LogP contribution in [0, 0.1) is 0 Å². The van der Waals surface area contributed by atoms with Crippen LogP contribution in [0.2, 0.25) is 0 Å². The van der Waals surface area contributed by atoms with E-state index in [1.807, 2.05) is 65.6 Å². The van der Waals surface area contributed by atoms with Gasteiger partial charge in [0, 0.05) is 38.5 Å². The van der Waals surface area contributed by atoms with Crippen LogP contribution in [0.15, 0.2) is 103 Å². The summed E-state index contributed by atoms with van der Waals surface area (Å²) < 4.78 is 11.2. The minimum atomic E-state index is -0.0289. The fraction of sp³-hybridized carbons (Fsp3) is 0.242. The van der Waals surface area contributed by atoms with Gasteiger partial charge in [0.1, 0.15) is 5.75 Å². The maximum absolute atomic E-state index is 13.6. The maximum Gasteiger partial charge on any atom is 0.231 e. The van der Waals surface area contributed by atoms with E-state index < -0.39 is 0 Å². The van der Waals surface area contributed by atoms with E-state index in [9.17, 15) is 9.90 Å². The predicted octanol–water partition coefficient (Wildman–Crippen LogP) is 5.58. The fourth-order valence-electron chi connectivity index (χ4n) is 5.69. The van der Waals surface area contributed by atoms with Gasteiger partial charge in [-0.3, -0.25) is 9.69 Å². The molecule has 0 saturated carbocycles. The smallest absolute Gasteiger partial charge is 0.231 e. The third-order valence-electron chi connectivity index (χ3n) is 7.74. The number of carbonyl (C=O) groups excluding carboxylic acids is 1. The third-order valence-corrected chi connectivity index (χ3v) is 7.74. The summed E-state index contributed by atoms with van der Waals surface area (Å²) in [5.41, 5.74) is 4.49. The van der Waals surface area contributed by atoms with Crippen LogP contribution in [0.3, 0.4) is 0 Å². The number of amides is 1. The number of ether oxygens (including phenoxy) is 2. The van der Waals surface area contributed by atoms with Crippen LogP contribution in [0.25, 0.3) is 0 Å². The number of phenols is 1. The molecule has 0 spiro atoms. The molecule has 1 atom stereocenters. The molecule has 2 aliphatic heterocycles. The second-order valence-corrected chi connectivity index (χ2v) is 10.1. The Kier molecular flexibility index (Phi) is 7.19. The van der Waals surface area contributed by atoms with Crippen molar-refractivity contribution in [3.05, 3.63) is 125 Å². The first-order valence-electron chi connectivity index (χ1n) is 13.5. The summed E-state index contributed by atoms with van der Waals surface area (Å²) in [6.45, 7) is 3.04. The van der Waals surface area contributed by atoms with Gasteiger partial charge in [-0.05, 0) is 46.5 Å². The van der Waals surface area contributed by atoms with Gasteiger partial charge in [-0.1, -0.05) is 78.9 Å². The molecular weight excluding hydrogens is 488 g/mol. The number of nitrogens with zero attached hydrogens (tertiary/aromatic N) is 2. The number of aromatic hydroxyl groups is 1. The monoisotopic (exact) mass is 520 g/mol. The van der Waals surface area contributed by atoms with E-state index in [2.05, 4.69) is 35.2 Å². The Morgan fingerprint density at radius 2 is 1.28 bits per heavy atom. The van der Waals surface area contributed by atoms with Crippen molar-refractivity contribution >= 4 is 5.91 Å². The Labute approximate surface area is 229 Å². The van der Waals surface area contributed by atoms with Crippen LogP contribution in [0.1, 0.15) is 40.6 Å². The van der Waals surface area contributed by atoms with Crippen molar-refractivity contribution in [1.29, 1.82) is 0 Å². The van der Waals surface area contributed by atoms with Crippen LogP contribution in [-0.2, 0) is 4.79 Å². The zero-order valence-electron chi connectivity index (χ0n) is 21.8. The maximum atomic E-state index is 13.6. The van der Waals surface area contributed by atoms with E-state index in [0.717, 1.165) is 46.8 Å². The molecule has 1 amide bonds. The Bertz CT molecular complexity index is 1360. The normalized spacial score (nSPS) is 15.9. The predicted molar refractivity (Wildman–Crippen MR) is 150 cm³/mol. The molecule has 4 aromatic carbocycles. The summed E-state index contributed by atoms with van der Waals surface area (Å²) in [6.07, 6.45) is 0.442. The fourth-order valence-corrected chi connectivity index (χ4v) is 5.69. The van der Waals surface area contributed by atoms with Crippen molar-refractivity contribution in [2.75, 3.05) is 33.0 Å². The molecule has 39 heavy (non-hydrogen) atoms. The van der Waals surface area contributed by atoms with Gasteiger partial charge in [0.15, 0.2) is 11.5 Å². The highest BCUT2D eigenvalue weighted by Gasteiger charge is 2.30. The molecule has 0 bridgehead atoms. The standard InChI is InChI=1S/C33H32N2O4/c36-28-14-11-26(12-15-28)33(27-13-16-30-31(21-27)39-23-38-30)35-19-17-34(18-20-35)32(37)22-29(24-7-3-1-4-8-24)25-9-5-2-6-10-25/h1-16,21,29,33,36H,17-20,22-23H2. The van der Waals surface area contributed by atoms with Gasteiger partial charge >= 0.3 is 0 Å². The van der Waals surface area contributed by atoms with Gasteiger partial charge in [-0.25, -0.2) is 0 Å². The van der Waals surface area contributed by atoms with Gasteiger partial charge in [0.05, 0.1) is 6.04 Å². The number of piperazine rings is 1. The van der Waals surface area contributed by atoms with Crippen LogP contribution in [0.5, 0.6) is 17.2 Å². The molecule has 2 aliphatic rings. The molecular formula is C33H32N2O4. The molecule has 0 aliphatic carbocycles. The number of hydrogen-bond donors (Lipinski definition) is 1. The first-order valence-corrected chi connectivity index (χ1v) is 13.5. The largest absolute Gasteiger partial charge is 0.508 e. The second-order valence-electron chi connectivity index (χ2n) is 10.1. The SMILES string of the molecule is O=C(CC(c1ccccc1)c1ccccc1)N1CCN(C(c2ccc(O)cc2)c2ccc3c(c2)OCO3)CC1. The Balaban J connectivity index is 1.19. The van der Waals surface area contributed by atoms with Gasteiger partial charge in [0.2, 0.25) is 12.7 Å². The van der Waals surface area contributed by atoms with Gasteiger partial charge in [0.25, 0.3) is 0 Å². The van der Waals surface area contributed by atoms with E-state index >= 15 is 0 Å². The zero-order valence-corrected chi connectivity index (χ0v) is 21.8. The number of phenolic OH excluding ortho intramolecular Hbond substituents is 1. The van der Waals surface area contributed by atoms with Crippen molar-refractivity contribution in [2.24, 2.45) is 0 Å². The molecule has 6 heteroatoms. The van der Waals surface area contributed by atoms with Crippen molar-refractivity contribution < 1.29 is 19.4 Å². The highest BCUT2D eigenvalue weighted by Crippen LogP contribution is 2.38. The van der Waals surface area contributed by atoms with E-state index in [1.54, 1.807) is 12.1 Å². The lowest BCUT2D eigenvalue weighted by Crippen LogP contribution is -2.50. The van der Waals surface area contributed by atoms with Gasteiger partial charge < -0.3 is 19.5 Å². The minimum absolute atomic E-state index is 0.0244. The Morgan fingerprint density at radius 1 is 0.692 bits per heavy atom. The number of hydrogen-bond acceptors (Lipinski definition) is 5. The molecule has 2 heterocycles. The van der Waals surface area contributed by atoms with E-state index in [-0.39, 0.29) is 30.4 Å². The van der Waals surface area contributed by atoms with Crippen LogP contribution in [-0.4, -0.2) is 53.8 Å². The minimum Gasteiger partial charge on any atom is -0.508 e. The van der Waals surface area contributed by atoms with E-state index in [1.165, 1.54) is 0 Å². The summed E-state index contributed by atoms with van der Waals surface area (Å²) in [7, 11) is 0. The Hall–Kier alpha value is -4.29. The molecule has 1 fully saturated rings. The van der Waals surface area contributed by atoms with E-state index in [4.69, 9.17) is 9.47 Å². The lowest BCUT2D eigenvalue weighted by Gasteiger charge is -2.40. The number of fused-ring (bicyclic) bond motifs is 1. The molecule has 0 radical (unpaired) electrons. The van der Waals surface area contributed by atoms with Crippen molar-refractivity contribution in [3.63, 3.8) is 0 Å². The van der Waals surface area contributed by atoms with Gasteiger partial charge in [-0.2, -0.15) is 0 Å². The van der Waals surface area contributed by atoms with E-state index in [0.29, 0.717) is 19.5 Å². The van der Waals surface area contributed by atoms with Crippen molar-refractivity contribution in [2.45, 2.75) is 18.4 Å². The molecule has 1 unspecified atom stereocenters. The lowest BCUT2D eigenvalue weighted by molar-refractivity contribution is -0.133. The molecule has 1 N–H and O–H groups in total. The highest BCUT2D eigenvalue weighted by molar-refractivity contribution is 5.78. The van der Waals surface area contributed by atoms with Crippen LogP contribution in [0.4, 0.5) is 0 Å². The van der Waals surface area contributed by atoms with Crippen molar-refractivity contribution in [1.82, 2.24) is 9.80 Å². The summed E-state index contributed by atoms with van der Waals surface area (Å²) in [4.78, 5) is 18.0. The molecule has 0 aromatic heterocycles. The summed E-state index contributed by atoms with van der Waals surface area (Å²) >= 11 is 0. The van der Waals surface area contributed by atoms with Crippen LogP contribution < -0.4 is 9.47 Å². The Morgan fingerprint density at radius 3 is 1.92 bits per heavy atom. The quantitative estimate of drug-likeness (QED) is 0.345. The average Bonchev–Trinajstić information content (AvgIpc) is 3.46. The number of benzene rings is 4. The third kappa shape index (κ3) is 5.47. The highest BCUT2D eigenvalue weighted by atomic mass is 16.7. The van der Waals surface area contributed by atoms with Crippen molar-refractivity contribution in [3.8, 4) is 17.2 Å². The zero-order chi connectivity index (χ0) is 26.6. The molecule has 1 saturated heterocycles. The topological polar surface area (TPSA) is 62.2 Å². The molecule has 198 valence electrons. The molecule has 4 aromatic rings. The molecule has 6 nitrogen and oxygen atoms in total. The van der Waals surface area contributed by atoms with Gasteiger partial charge in [-0.15, -0.1) is 0 Å². The first-order chi connectivity index (χ1) is 19.2. The van der Waals surface area contributed by atoms with Crippen LogP contribution >= 0.6 is 0 Å². The average molecular weight is 521 g/mol. The molecule has 6 rings (SSSR count). The lowest BCUT2D eigenvalue weighted by atomic mass is 9.88. The summed E-state index contributed by atoms with van der Waals surface area (Å²) in [6, 6.07) is 34.0.